The van der Waals surface area contributed by atoms with Crippen LogP contribution < -0.4 is 9.80 Å². The van der Waals surface area contributed by atoms with Gasteiger partial charge in [0.25, 0.3) is 0 Å². The van der Waals surface area contributed by atoms with Gasteiger partial charge in [-0.05, 0) is 31.2 Å². The van der Waals surface area contributed by atoms with Gasteiger partial charge in [-0.2, -0.15) is 10.4 Å². The number of anilines is 2. The summed E-state index contributed by atoms with van der Waals surface area (Å²) in [6.07, 6.45) is 5.28. The largest absolute Gasteiger partial charge is 0.366 e. The molecule has 1 fully saturated rings. The third-order valence-electron chi connectivity index (χ3n) is 4.46. The molecule has 26 heavy (non-hydrogen) atoms. The molecule has 0 N–H and O–H groups in total. The fourth-order valence-corrected chi connectivity index (χ4v) is 3.06. The van der Waals surface area contributed by atoms with Crippen LogP contribution in [0.15, 0.2) is 42.9 Å². The number of nitriles is 1. The Morgan fingerprint density at radius 1 is 0.962 bits per heavy atom. The molecule has 1 aliphatic rings. The van der Waals surface area contributed by atoms with E-state index in [1.165, 1.54) is 0 Å². The van der Waals surface area contributed by atoms with Crippen molar-refractivity contribution >= 4 is 11.5 Å². The highest BCUT2D eigenvalue weighted by Gasteiger charge is 2.20. The molecule has 0 saturated carbocycles. The molecule has 1 saturated heterocycles. The summed E-state index contributed by atoms with van der Waals surface area (Å²) < 4.78 is 1.72. The van der Waals surface area contributed by atoms with Crippen LogP contribution in [0.5, 0.6) is 0 Å². The van der Waals surface area contributed by atoms with Gasteiger partial charge < -0.3 is 9.80 Å². The van der Waals surface area contributed by atoms with E-state index in [4.69, 9.17) is 0 Å². The first kappa shape index (κ1) is 16.0. The Bertz CT molecular complexity index is 932. The van der Waals surface area contributed by atoms with Gasteiger partial charge in [-0.1, -0.05) is 0 Å². The van der Waals surface area contributed by atoms with E-state index in [1.54, 1.807) is 23.1 Å². The Morgan fingerprint density at radius 2 is 1.69 bits per heavy atom. The number of nitrogens with zero attached hydrogens (tertiary/aromatic N) is 8. The molecule has 8 heteroatoms. The summed E-state index contributed by atoms with van der Waals surface area (Å²) in [6, 6.07) is 9.82. The van der Waals surface area contributed by atoms with Crippen molar-refractivity contribution in [2.75, 3.05) is 36.0 Å². The molecule has 3 aromatic rings. The quantitative estimate of drug-likeness (QED) is 0.711. The van der Waals surface area contributed by atoms with Crippen LogP contribution in [0.4, 0.5) is 11.5 Å². The molecule has 0 aliphatic carbocycles. The number of hydrogen-bond donors (Lipinski definition) is 0. The van der Waals surface area contributed by atoms with Crippen LogP contribution in [-0.2, 0) is 0 Å². The predicted octanol–water partition coefficient (Wildman–Crippen LogP) is 1.56. The number of rotatable bonds is 3. The molecule has 130 valence electrons. The first-order valence-electron chi connectivity index (χ1n) is 8.45. The van der Waals surface area contributed by atoms with E-state index in [0.717, 1.165) is 43.4 Å². The van der Waals surface area contributed by atoms with Crippen molar-refractivity contribution in [2.24, 2.45) is 0 Å². The van der Waals surface area contributed by atoms with E-state index in [2.05, 4.69) is 36.1 Å². The summed E-state index contributed by atoms with van der Waals surface area (Å²) in [5.41, 5.74) is 2.50. The van der Waals surface area contributed by atoms with Gasteiger partial charge in [0.2, 0.25) is 0 Å². The summed E-state index contributed by atoms with van der Waals surface area (Å²) in [6.45, 7) is 5.19. The van der Waals surface area contributed by atoms with Crippen LogP contribution in [0.25, 0.3) is 5.82 Å². The topological polar surface area (TPSA) is 86.8 Å². The summed E-state index contributed by atoms with van der Waals surface area (Å²) in [4.78, 5) is 8.54. The maximum Gasteiger partial charge on any atom is 0.175 e. The van der Waals surface area contributed by atoms with Gasteiger partial charge in [0.1, 0.15) is 6.07 Å². The number of piperazine rings is 1. The maximum absolute atomic E-state index is 9.26. The van der Waals surface area contributed by atoms with Gasteiger partial charge in [-0.15, -0.1) is 10.2 Å². The molecule has 1 aliphatic heterocycles. The molecule has 0 radical (unpaired) electrons. The van der Waals surface area contributed by atoms with Crippen LogP contribution >= 0.6 is 0 Å². The molecule has 3 aromatic heterocycles. The van der Waals surface area contributed by atoms with Gasteiger partial charge >= 0.3 is 0 Å². The van der Waals surface area contributed by atoms with Crippen molar-refractivity contribution in [2.45, 2.75) is 6.92 Å². The molecule has 0 aromatic carbocycles. The third-order valence-corrected chi connectivity index (χ3v) is 4.46. The molecule has 0 unspecified atom stereocenters. The standard InChI is InChI=1S/C18H18N8/c1-14-5-7-26(23-14)18-3-2-17(21-22-18)25-10-8-24(9-11-25)16-13-20-6-4-15(16)12-19/h2-7,13H,8-11H2,1H3. The monoisotopic (exact) mass is 346 g/mol. The lowest BCUT2D eigenvalue weighted by Gasteiger charge is -2.36. The van der Waals surface area contributed by atoms with E-state index in [-0.39, 0.29) is 0 Å². The molecule has 0 bridgehead atoms. The Kier molecular flexibility index (Phi) is 4.19. The molecule has 0 atom stereocenters. The summed E-state index contributed by atoms with van der Waals surface area (Å²) in [7, 11) is 0. The Labute approximate surface area is 151 Å². The highest BCUT2D eigenvalue weighted by Crippen LogP contribution is 2.21. The lowest BCUT2D eigenvalue weighted by atomic mass is 10.2. The molecule has 8 nitrogen and oxygen atoms in total. The summed E-state index contributed by atoms with van der Waals surface area (Å²) >= 11 is 0. The lowest BCUT2D eigenvalue weighted by molar-refractivity contribution is 0.641. The third kappa shape index (κ3) is 3.07. The van der Waals surface area contributed by atoms with Crippen molar-refractivity contribution in [3.05, 3.63) is 54.1 Å². The normalized spacial score (nSPS) is 14.3. The van der Waals surface area contributed by atoms with Crippen LogP contribution in [0.3, 0.4) is 0 Å². The summed E-state index contributed by atoms with van der Waals surface area (Å²) in [5.74, 6) is 1.55. The minimum absolute atomic E-state index is 0.659. The number of aromatic nitrogens is 5. The minimum atomic E-state index is 0.659. The van der Waals surface area contributed by atoms with Crippen LogP contribution in [0.1, 0.15) is 11.3 Å². The van der Waals surface area contributed by atoms with E-state index >= 15 is 0 Å². The van der Waals surface area contributed by atoms with Crippen LogP contribution in [0.2, 0.25) is 0 Å². The average Bonchev–Trinajstić information content (AvgIpc) is 3.14. The van der Waals surface area contributed by atoms with E-state index < -0.39 is 0 Å². The fourth-order valence-electron chi connectivity index (χ4n) is 3.06. The van der Waals surface area contributed by atoms with Crippen LogP contribution in [-0.4, -0.2) is 51.1 Å². The number of aryl methyl sites for hydroxylation is 1. The second-order valence-corrected chi connectivity index (χ2v) is 6.13. The summed E-state index contributed by atoms with van der Waals surface area (Å²) in [5, 5.41) is 22.2. The molecule has 4 heterocycles. The second kappa shape index (κ2) is 6.80. The van der Waals surface area contributed by atoms with Gasteiger partial charge in [-0.25, -0.2) is 4.68 Å². The Hall–Kier alpha value is -3.47. The SMILES string of the molecule is Cc1ccn(-c2ccc(N3CCN(c4cnccc4C#N)CC3)nn2)n1. The zero-order valence-electron chi connectivity index (χ0n) is 14.4. The highest BCUT2D eigenvalue weighted by atomic mass is 15.4. The molecule has 0 spiro atoms. The Morgan fingerprint density at radius 3 is 2.35 bits per heavy atom. The number of hydrogen-bond acceptors (Lipinski definition) is 7. The first-order valence-corrected chi connectivity index (χ1v) is 8.45. The highest BCUT2D eigenvalue weighted by molar-refractivity contribution is 5.58. The average molecular weight is 346 g/mol. The van der Waals surface area contributed by atoms with Crippen LogP contribution in [0, 0.1) is 18.3 Å². The van der Waals surface area contributed by atoms with Gasteiger partial charge in [-0.3, -0.25) is 4.98 Å². The Balaban J connectivity index is 1.44. The molecule has 0 amide bonds. The van der Waals surface area contributed by atoms with Crippen molar-refractivity contribution in [1.82, 2.24) is 25.0 Å². The van der Waals surface area contributed by atoms with Crippen molar-refractivity contribution < 1.29 is 0 Å². The van der Waals surface area contributed by atoms with Crippen molar-refractivity contribution in [3.63, 3.8) is 0 Å². The fraction of sp³-hybridized carbons (Fsp3) is 0.278. The maximum atomic E-state index is 9.26. The van der Waals surface area contributed by atoms with E-state index in [1.807, 2.05) is 31.3 Å². The zero-order valence-corrected chi connectivity index (χ0v) is 14.4. The van der Waals surface area contributed by atoms with Gasteiger partial charge in [0, 0.05) is 38.6 Å². The second-order valence-electron chi connectivity index (χ2n) is 6.13. The molecular formula is C18H18N8. The van der Waals surface area contributed by atoms with Gasteiger partial charge in [0.05, 0.1) is 23.1 Å². The minimum Gasteiger partial charge on any atom is -0.366 e. The van der Waals surface area contributed by atoms with E-state index in [0.29, 0.717) is 11.4 Å². The molecule has 4 rings (SSSR count). The van der Waals surface area contributed by atoms with E-state index in [9.17, 15) is 5.26 Å². The zero-order chi connectivity index (χ0) is 17.9. The van der Waals surface area contributed by atoms with Crippen molar-refractivity contribution in [1.29, 1.82) is 5.26 Å². The predicted molar refractivity (Wildman–Crippen MR) is 97.3 cm³/mol. The van der Waals surface area contributed by atoms with Crippen molar-refractivity contribution in [3.8, 4) is 11.9 Å². The number of pyridine rings is 1. The lowest BCUT2D eigenvalue weighted by Crippen LogP contribution is -2.47. The van der Waals surface area contributed by atoms with Gasteiger partial charge in [0.15, 0.2) is 11.6 Å². The first-order chi connectivity index (χ1) is 12.7. The molecular weight excluding hydrogens is 328 g/mol. The smallest absolute Gasteiger partial charge is 0.175 e.